The molecule has 5 unspecified atom stereocenters. The van der Waals surface area contributed by atoms with Crippen molar-refractivity contribution >= 4 is 5.97 Å². The number of fused-ring (bicyclic) bond motifs is 1. The van der Waals surface area contributed by atoms with E-state index in [0.717, 1.165) is 6.42 Å². The zero-order valence-corrected chi connectivity index (χ0v) is 9.37. The Morgan fingerprint density at radius 3 is 2.69 bits per heavy atom. The summed E-state index contributed by atoms with van der Waals surface area (Å²) in [6.07, 6.45) is 4.44. The summed E-state index contributed by atoms with van der Waals surface area (Å²) in [5.41, 5.74) is 0. The predicted molar refractivity (Wildman–Crippen MR) is 57.5 cm³/mol. The van der Waals surface area contributed by atoms with Crippen LogP contribution < -0.4 is 0 Å². The summed E-state index contributed by atoms with van der Waals surface area (Å²) in [6, 6.07) is 0. The Bertz CT molecular complexity index is 299. The van der Waals surface area contributed by atoms with Gasteiger partial charge in [-0.3, -0.25) is 4.79 Å². The van der Waals surface area contributed by atoms with E-state index in [-0.39, 0.29) is 23.9 Å². The molecule has 1 saturated carbocycles. The van der Waals surface area contributed by atoms with Gasteiger partial charge in [-0.25, -0.2) is 0 Å². The fourth-order valence-electron chi connectivity index (χ4n) is 2.87. The summed E-state index contributed by atoms with van der Waals surface area (Å²) < 4.78 is 5.18. The van der Waals surface area contributed by atoms with Crippen molar-refractivity contribution in [2.75, 3.05) is 0 Å². The molecule has 90 valence electrons. The lowest BCUT2D eigenvalue weighted by atomic mass is 9.69. The highest BCUT2D eigenvalue weighted by atomic mass is 16.5. The summed E-state index contributed by atoms with van der Waals surface area (Å²) in [7, 11) is 0. The number of aliphatic hydroxyl groups is 2. The van der Waals surface area contributed by atoms with E-state index in [1.165, 1.54) is 6.92 Å². The van der Waals surface area contributed by atoms with Crippen molar-refractivity contribution in [1.29, 1.82) is 0 Å². The van der Waals surface area contributed by atoms with Crippen LogP contribution in [-0.4, -0.2) is 34.5 Å². The van der Waals surface area contributed by atoms with E-state index in [0.29, 0.717) is 12.8 Å². The summed E-state index contributed by atoms with van der Waals surface area (Å²) in [5, 5.41) is 19.9. The van der Waals surface area contributed by atoms with Gasteiger partial charge >= 0.3 is 5.97 Å². The normalized spacial score (nSPS) is 42.6. The standard InChI is InChI=1S/C12H18O4/c1-7(13)16-11-4-2-3-8-9(14)5-6-10(15)12(8)11/h2,4,8-12,14-15H,3,5-6H2,1H3. The minimum atomic E-state index is -0.484. The zero-order valence-electron chi connectivity index (χ0n) is 9.37. The smallest absolute Gasteiger partial charge is 0.303 e. The number of carbonyl (C=O) groups is 1. The Hall–Kier alpha value is -0.870. The van der Waals surface area contributed by atoms with Gasteiger partial charge in [-0.2, -0.15) is 0 Å². The second-order valence-corrected chi connectivity index (χ2v) is 4.69. The fraction of sp³-hybridized carbons (Fsp3) is 0.750. The van der Waals surface area contributed by atoms with Crippen LogP contribution in [0.25, 0.3) is 0 Å². The highest BCUT2D eigenvalue weighted by molar-refractivity contribution is 5.66. The van der Waals surface area contributed by atoms with E-state index in [1.807, 2.05) is 12.2 Å². The first kappa shape index (κ1) is 11.6. The van der Waals surface area contributed by atoms with E-state index in [2.05, 4.69) is 0 Å². The second-order valence-electron chi connectivity index (χ2n) is 4.69. The molecule has 5 atom stereocenters. The molecule has 4 nitrogen and oxygen atoms in total. The topological polar surface area (TPSA) is 66.8 Å². The number of hydrogen-bond acceptors (Lipinski definition) is 4. The Labute approximate surface area is 94.9 Å². The third-order valence-corrected chi connectivity index (χ3v) is 3.61. The third kappa shape index (κ3) is 2.13. The molecular weight excluding hydrogens is 208 g/mol. The van der Waals surface area contributed by atoms with E-state index in [4.69, 9.17) is 4.74 Å². The molecule has 1 fully saturated rings. The summed E-state index contributed by atoms with van der Waals surface area (Å²) in [6.45, 7) is 1.36. The molecule has 0 spiro atoms. The van der Waals surface area contributed by atoms with Crippen LogP contribution in [0.15, 0.2) is 12.2 Å². The molecule has 16 heavy (non-hydrogen) atoms. The molecule has 0 amide bonds. The van der Waals surface area contributed by atoms with E-state index in [9.17, 15) is 15.0 Å². The van der Waals surface area contributed by atoms with Gasteiger partial charge in [-0.1, -0.05) is 6.08 Å². The number of esters is 1. The SMILES string of the molecule is CC(=O)OC1C=CCC2C(O)CCC(O)C12. The van der Waals surface area contributed by atoms with Crippen LogP contribution in [0.2, 0.25) is 0 Å². The van der Waals surface area contributed by atoms with E-state index < -0.39 is 12.2 Å². The maximum Gasteiger partial charge on any atom is 0.303 e. The fourth-order valence-corrected chi connectivity index (χ4v) is 2.87. The molecule has 0 aromatic carbocycles. The van der Waals surface area contributed by atoms with Crippen molar-refractivity contribution in [1.82, 2.24) is 0 Å². The molecule has 2 rings (SSSR count). The lowest BCUT2D eigenvalue weighted by molar-refractivity contribution is -0.155. The molecule has 0 aromatic rings. The zero-order chi connectivity index (χ0) is 11.7. The van der Waals surface area contributed by atoms with Gasteiger partial charge in [0.1, 0.15) is 6.10 Å². The predicted octanol–water partition coefficient (Wildman–Crippen LogP) is 0.626. The first-order chi connectivity index (χ1) is 7.59. The number of ether oxygens (including phenoxy) is 1. The molecule has 4 heteroatoms. The van der Waals surface area contributed by atoms with Crippen LogP contribution in [0, 0.1) is 11.8 Å². The van der Waals surface area contributed by atoms with Gasteiger partial charge in [0, 0.05) is 12.8 Å². The first-order valence-corrected chi connectivity index (χ1v) is 5.79. The summed E-state index contributed by atoms with van der Waals surface area (Å²) in [5.74, 6) is -0.488. The first-order valence-electron chi connectivity index (χ1n) is 5.79. The molecule has 0 bridgehead atoms. The van der Waals surface area contributed by atoms with Gasteiger partial charge in [0.05, 0.1) is 12.2 Å². The van der Waals surface area contributed by atoms with Crippen LogP contribution >= 0.6 is 0 Å². The average molecular weight is 226 g/mol. The molecule has 0 aliphatic heterocycles. The molecule has 2 aliphatic carbocycles. The number of aliphatic hydroxyl groups excluding tert-OH is 2. The van der Waals surface area contributed by atoms with Crippen molar-refractivity contribution in [2.45, 2.75) is 44.5 Å². The largest absolute Gasteiger partial charge is 0.458 e. The van der Waals surface area contributed by atoms with E-state index in [1.54, 1.807) is 0 Å². The maximum absolute atomic E-state index is 11.0. The van der Waals surface area contributed by atoms with Crippen LogP contribution in [0.3, 0.4) is 0 Å². The Kier molecular flexibility index (Phi) is 3.30. The number of allylic oxidation sites excluding steroid dienone is 1. The Balaban J connectivity index is 2.17. The van der Waals surface area contributed by atoms with Gasteiger partial charge in [-0.15, -0.1) is 0 Å². The lowest BCUT2D eigenvalue weighted by Crippen LogP contribution is -2.48. The minimum Gasteiger partial charge on any atom is -0.458 e. The number of carbonyl (C=O) groups excluding carboxylic acids is 1. The van der Waals surface area contributed by atoms with Crippen molar-refractivity contribution in [3.05, 3.63) is 12.2 Å². The third-order valence-electron chi connectivity index (χ3n) is 3.61. The van der Waals surface area contributed by atoms with Crippen molar-refractivity contribution < 1.29 is 19.7 Å². The average Bonchev–Trinajstić information content (AvgIpc) is 2.23. The quantitative estimate of drug-likeness (QED) is 0.508. The highest BCUT2D eigenvalue weighted by Gasteiger charge is 2.43. The van der Waals surface area contributed by atoms with Crippen molar-refractivity contribution in [3.63, 3.8) is 0 Å². The van der Waals surface area contributed by atoms with E-state index >= 15 is 0 Å². The van der Waals surface area contributed by atoms with Gasteiger partial charge in [0.15, 0.2) is 0 Å². The molecule has 2 N–H and O–H groups in total. The van der Waals surface area contributed by atoms with Crippen LogP contribution in [-0.2, 0) is 9.53 Å². The summed E-state index contributed by atoms with van der Waals surface area (Å²) >= 11 is 0. The molecule has 0 radical (unpaired) electrons. The number of hydrogen-bond donors (Lipinski definition) is 2. The molecular formula is C12H18O4. The van der Waals surface area contributed by atoms with Crippen LogP contribution in [0.4, 0.5) is 0 Å². The lowest BCUT2D eigenvalue weighted by Gasteiger charge is -2.43. The minimum absolute atomic E-state index is 0.0121. The molecule has 0 heterocycles. The van der Waals surface area contributed by atoms with Crippen LogP contribution in [0.5, 0.6) is 0 Å². The second kappa shape index (κ2) is 4.55. The van der Waals surface area contributed by atoms with Gasteiger partial charge in [0.25, 0.3) is 0 Å². The monoisotopic (exact) mass is 226 g/mol. The Morgan fingerprint density at radius 2 is 2.00 bits per heavy atom. The van der Waals surface area contributed by atoms with Crippen LogP contribution in [0.1, 0.15) is 26.2 Å². The Morgan fingerprint density at radius 1 is 1.31 bits per heavy atom. The van der Waals surface area contributed by atoms with Crippen molar-refractivity contribution in [3.8, 4) is 0 Å². The highest BCUT2D eigenvalue weighted by Crippen LogP contribution is 2.39. The maximum atomic E-state index is 11.0. The summed E-state index contributed by atoms with van der Waals surface area (Å²) in [4.78, 5) is 11.0. The van der Waals surface area contributed by atoms with Gasteiger partial charge < -0.3 is 14.9 Å². The number of rotatable bonds is 1. The molecule has 2 aliphatic rings. The van der Waals surface area contributed by atoms with Gasteiger partial charge in [0.2, 0.25) is 0 Å². The molecule has 0 aromatic heterocycles. The van der Waals surface area contributed by atoms with Gasteiger partial charge in [-0.05, 0) is 31.3 Å². The molecule has 0 saturated heterocycles. The van der Waals surface area contributed by atoms with Crippen molar-refractivity contribution in [2.24, 2.45) is 11.8 Å².